The maximum absolute atomic E-state index is 12.3. The lowest BCUT2D eigenvalue weighted by Gasteiger charge is -2.10. The number of aromatic nitrogens is 1. The van der Waals surface area contributed by atoms with Gasteiger partial charge in [0.05, 0.1) is 4.47 Å². The Morgan fingerprint density at radius 3 is 2.13 bits per heavy atom. The van der Waals surface area contributed by atoms with Crippen LogP contribution in [0.2, 0.25) is 0 Å². The van der Waals surface area contributed by atoms with E-state index in [1.54, 1.807) is 0 Å². The highest BCUT2D eigenvalue weighted by Crippen LogP contribution is 2.37. The van der Waals surface area contributed by atoms with Gasteiger partial charge in [0.15, 0.2) is 0 Å². The number of pyridine rings is 1. The molecule has 0 saturated carbocycles. The summed E-state index contributed by atoms with van der Waals surface area (Å²) in [6, 6.07) is 0.635. The molecule has 0 atom stereocenters. The van der Waals surface area contributed by atoms with Crippen molar-refractivity contribution in [2.75, 3.05) is 0 Å². The minimum atomic E-state index is -4.74. The van der Waals surface area contributed by atoms with E-state index in [-0.39, 0.29) is 8.95 Å². The third-order valence-corrected chi connectivity index (χ3v) is 3.43. The summed E-state index contributed by atoms with van der Waals surface area (Å²) in [5.74, 6) is 0. The Morgan fingerprint density at radius 2 is 1.73 bits per heavy atom. The molecule has 1 nitrogen and oxygen atoms in total. The van der Waals surface area contributed by atoms with Gasteiger partial charge in [-0.2, -0.15) is 13.2 Å². The summed E-state index contributed by atoms with van der Waals surface area (Å²) >= 11 is 5.46. The molecule has 1 heterocycles. The molecular formula is C7H2Br2F5N. The van der Waals surface area contributed by atoms with Crippen LogP contribution >= 0.6 is 31.9 Å². The van der Waals surface area contributed by atoms with Gasteiger partial charge in [0, 0.05) is 4.47 Å². The van der Waals surface area contributed by atoms with E-state index in [1.807, 2.05) is 0 Å². The molecule has 0 N–H and O–H groups in total. The second-order valence-electron chi connectivity index (χ2n) is 2.49. The van der Waals surface area contributed by atoms with Crippen molar-refractivity contribution in [3.8, 4) is 0 Å². The van der Waals surface area contributed by atoms with E-state index in [2.05, 4.69) is 36.8 Å². The van der Waals surface area contributed by atoms with Gasteiger partial charge in [0.1, 0.15) is 11.4 Å². The lowest BCUT2D eigenvalue weighted by Crippen LogP contribution is -2.10. The van der Waals surface area contributed by atoms with E-state index in [9.17, 15) is 22.0 Å². The predicted molar refractivity (Wildman–Crippen MR) is 49.6 cm³/mol. The summed E-state index contributed by atoms with van der Waals surface area (Å²) in [5, 5.41) is 0. The molecule has 0 spiro atoms. The van der Waals surface area contributed by atoms with Crippen molar-refractivity contribution in [2.45, 2.75) is 12.6 Å². The molecule has 1 aromatic rings. The van der Waals surface area contributed by atoms with Gasteiger partial charge in [0.25, 0.3) is 6.43 Å². The average molecular weight is 355 g/mol. The monoisotopic (exact) mass is 353 g/mol. The Bertz CT molecular complexity index is 376. The van der Waals surface area contributed by atoms with Crippen LogP contribution in [0.4, 0.5) is 22.0 Å². The van der Waals surface area contributed by atoms with Crippen molar-refractivity contribution in [1.82, 2.24) is 4.98 Å². The zero-order valence-corrected chi connectivity index (χ0v) is 9.92. The number of alkyl halides is 5. The molecular weight excluding hydrogens is 353 g/mol. The van der Waals surface area contributed by atoms with E-state index in [0.717, 1.165) is 0 Å². The topological polar surface area (TPSA) is 12.9 Å². The number of rotatable bonds is 1. The zero-order valence-electron chi connectivity index (χ0n) is 6.75. The number of nitrogens with zero attached hydrogens (tertiary/aromatic N) is 1. The maximum atomic E-state index is 12.3. The van der Waals surface area contributed by atoms with E-state index in [0.29, 0.717) is 6.07 Å². The molecule has 0 aromatic carbocycles. The first kappa shape index (κ1) is 12.8. The van der Waals surface area contributed by atoms with Gasteiger partial charge in [0.2, 0.25) is 0 Å². The van der Waals surface area contributed by atoms with Crippen molar-refractivity contribution in [1.29, 1.82) is 0 Å². The predicted octanol–water partition coefficient (Wildman–Crippen LogP) is 4.56. The van der Waals surface area contributed by atoms with Gasteiger partial charge < -0.3 is 0 Å². The van der Waals surface area contributed by atoms with Crippen LogP contribution in [-0.4, -0.2) is 4.98 Å². The third kappa shape index (κ3) is 2.87. The van der Waals surface area contributed by atoms with Crippen LogP contribution in [0.25, 0.3) is 0 Å². The number of hydrogen-bond acceptors (Lipinski definition) is 1. The second-order valence-corrected chi connectivity index (χ2v) is 4.13. The van der Waals surface area contributed by atoms with Gasteiger partial charge in [-0.25, -0.2) is 13.8 Å². The Kier molecular flexibility index (Phi) is 3.70. The molecule has 0 amide bonds. The highest BCUT2D eigenvalue weighted by atomic mass is 79.9. The second kappa shape index (κ2) is 4.32. The Morgan fingerprint density at radius 1 is 1.20 bits per heavy atom. The third-order valence-electron chi connectivity index (χ3n) is 1.44. The Hall–Kier alpha value is -0.240. The first-order chi connectivity index (χ1) is 6.73. The van der Waals surface area contributed by atoms with E-state index in [4.69, 9.17) is 0 Å². The molecule has 8 heteroatoms. The lowest BCUT2D eigenvalue weighted by molar-refractivity contribution is -0.141. The molecule has 84 valence electrons. The smallest absolute Gasteiger partial charge is 0.241 e. The average Bonchev–Trinajstić information content (AvgIpc) is 2.06. The lowest BCUT2D eigenvalue weighted by atomic mass is 10.3. The van der Waals surface area contributed by atoms with Gasteiger partial charge in [-0.05, 0) is 37.9 Å². The van der Waals surface area contributed by atoms with Crippen LogP contribution in [0.15, 0.2) is 15.0 Å². The fourth-order valence-corrected chi connectivity index (χ4v) is 1.60. The van der Waals surface area contributed by atoms with Gasteiger partial charge >= 0.3 is 6.18 Å². The molecule has 1 aromatic heterocycles. The Labute approximate surface area is 97.9 Å². The van der Waals surface area contributed by atoms with Crippen molar-refractivity contribution >= 4 is 31.9 Å². The molecule has 0 unspecified atom stereocenters. The fraction of sp³-hybridized carbons (Fsp3) is 0.286. The van der Waals surface area contributed by atoms with Crippen LogP contribution in [0, 0.1) is 0 Å². The summed E-state index contributed by atoms with van der Waals surface area (Å²) in [6.45, 7) is 0. The first-order valence-electron chi connectivity index (χ1n) is 3.44. The molecule has 0 fully saturated rings. The SMILES string of the molecule is FC(F)c1nc(C(F)(F)F)cc(Br)c1Br. The molecule has 1 rings (SSSR count). The summed E-state index contributed by atoms with van der Waals surface area (Å²) in [7, 11) is 0. The molecule has 0 aliphatic heterocycles. The molecule has 15 heavy (non-hydrogen) atoms. The minimum Gasteiger partial charge on any atom is -0.241 e. The van der Waals surface area contributed by atoms with Gasteiger partial charge in [-0.15, -0.1) is 0 Å². The first-order valence-corrected chi connectivity index (χ1v) is 5.03. The van der Waals surface area contributed by atoms with Crippen molar-refractivity contribution in [2.24, 2.45) is 0 Å². The fourth-order valence-electron chi connectivity index (χ4n) is 0.807. The van der Waals surface area contributed by atoms with Crippen molar-refractivity contribution < 1.29 is 22.0 Å². The zero-order chi connectivity index (χ0) is 11.8. The van der Waals surface area contributed by atoms with E-state index in [1.165, 1.54) is 0 Å². The highest BCUT2D eigenvalue weighted by molar-refractivity contribution is 9.13. The van der Waals surface area contributed by atoms with Crippen LogP contribution in [0.1, 0.15) is 17.8 Å². The highest BCUT2D eigenvalue weighted by Gasteiger charge is 2.34. The molecule has 0 aliphatic carbocycles. The van der Waals surface area contributed by atoms with E-state index < -0.39 is 24.0 Å². The van der Waals surface area contributed by atoms with Crippen molar-refractivity contribution in [3.63, 3.8) is 0 Å². The summed E-state index contributed by atoms with van der Waals surface area (Å²) in [4.78, 5) is 2.85. The van der Waals surface area contributed by atoms with E-state index >= 15 is 0 Å². The molecule has 0 radical (unpaired) electrons. The van der Waals surface area contributed by atoms with Crippen LogP contribution in [-0.2, 0) is 6.18 Å². The van der Waals surface area contributed by atoms with Crippen LogP contribution in [0.3, 0.4) is 0 Å². The molecule has 0 saturated heterocycles. The quantitative estimate of drug-likeness (QED) is 0.673. The summed E-state index contributed by atoms with van der Waals surface area (Å²) in [6.07, 6.45) is -7.81. The number of halogens is 7. The number of hydrogen-bond donors (Lipinski definition) is 0. The van der Waals surface area contributed by atoms with Gasteiger partial charge in [-0.3, -0.25) is 0 Å². The standard InChI is InChI=1S/C7H2Br2F5N/c8-2-1-3(7(12,13)14)15-5(4(2)9)6(10)11/h1,6H. The van der Waals surface area contributed by atoms with Crippen LogP contribution in [0.5, 0.6) is 0 Å². The maximum Gasteiger partial charge on any atom is 0.433 e. The molecule has 0 aliphatic rings. The largest absolute Gasteiger partial charge is 0.433 e. The van der Waals surface area contributed by atoms with Gasteiger partial charge in [-0.1, -0.05) is 0 Å². The molecule has 0 bridgehead atoms. The minimum absolute atomic E-state index is 0.111. The Balaban J connectivity index is 3.36. The van der Waals surface area contributed by atoms with Crippen molar-refractivity contribution in [3.05, 3.63) is 26.4 Å². The van der Waals surface area contributed by atoms with Crippen LogP contribution < -0.4 is 0 Å². The summed E-state index contributed by atoms with van der Waals surface area (Å²) in [5.41, 5.74) is -2.29. The normalized spacial score (nSPS) is 12.3. The summed E-state index contributed by atoms with van der Waals surface area (Å²) < 4.78 is 60.9.